The van der Waals surface area contributed by atoms with Gasteiger partial charge in [0.25, 0.3) is 5.56 Å². The number of nitriles is 1. The molecule has 0 unspecified atom stereocenters. The van der Waals surface area contributed by atoms with E-state index in [1.165, 1.54) is 23.9 Å². The summed E-state index contributed by atoms with van der Waals surface area (Å²) in [5.41, 5.74) is -0.351. The number of carboxylic acids is 1. The van der Waals surface area contributed by atoms with Gasteiger partial charge < -0.3 is 10.4 Å². The van der Waals surface area contributed by atoms with E-state index in [2.05, 4.69) is 10.4 Å². The molecule has 0 spiro atoms. The first-order valence-corrected chi connectivity index (χ1v) is 9.11. The number of carbonyl (C=O) groups excluding carboxylic acids is 1. The molecule has 1 aromatic heterocycles. The van der Waals surface area contributed by atoms with E-state index in [1.807, 2.05) is 6.07 Å². The fourth-order valence-electron chi connectivity index (χ4n) is 2.63. The van der Waals surface area contributed by atoms with Crippen LogP contribution in [0.2, 0.25) is 0 Å². The summed E-state index contributed by atoms with van der Waals surface area (Å²) < 4.78 is 0.839. The number of nitrogens with one attached hydrogen (secondary N) is 1. The molecule has 0 saturated carbocycles. The highest BCUT2D eigenvalue weighted by molar-refractivity contribution is 7.99. The summed E-state index contributed by atoms with van der Waals surface area (Å²) in [6.07, 6.45) is 0. The molecule has 0 aliphatic carbocycles. The van der Waals surface area contributed by atoms with Crippen molar-refractivity contribution >= 4 is 40.1 Å². The smallest absolute Gasteiger partial charge is 0.357 e. The molecule has 9 heteroatoms. The van der Waals surface area contributed by atoms with Gasteiger partial charge in [-0.2, -0.15) is 10.4 Å². The average molecular weight is 394 g/mol. The molecule has 0 saturated heterocycles. The van der Waals surface area contributed by atoms with Gasteiger partial charge in [-0.15, -0.1) is 11.8 Å². The average Bonchev–Trinajstić information content (AvgIpc) is 2.69. The van der Waals surface area contributed by atoms with Crippen molar-refractivity contribution in [3.05, 3.63) is 64.6 Å². The van der Waals surface area contributed by atoms with E-state index < -0.39 is 24.0 Å². The first-order valence-electron chi connectivity index (χ1n) is 8.13. The Labute approximate surface area is 163 Å². The third kappa shape index (κ3) is 4.02. The molecular weight excluding hydrogens is 380 g/mol. The lowest BCUT2D eigenvalue weighted by molar-refractivity contribution is -0.117. The van der Waals surface area contributed by atoms with Crippen LogP contribution in [0.4, 0.5) is 5.69 Å². The molecule has 0 fully saturated rings. The highest BCUT2D eigenvalue weighted by Crippen LogP contribution is 2.26. The number of hydrogen-bond donors (Lipinski definition) is 2. The Morgan fingerprint density at radius 2 is 1.82 bits per heavy atom. The number of carboxylic acid groups (broad SMARTS) is 1. The maximum absolute atomic E-state index is 12.6. The zero-order valence-electron chi connectivity index (χ0n) is 14.5. The molecule has 2 aromatic carbocycles. The molecule has 3 rings (SSSR count). The van der Waals surface area contributed by atoms with Crippen molar-refractivity contribution in [2.45, 2.75) is 11.4 Å². The number of benzene rings is 2. The highest BCUT2D eigenvalue weighted by atomic mass is 32.2. The topological polar surface area (TPSA) is 125 Å². The van der Waals surface area contributed by atoms with Crippen LogP contribution in [0.15, 0.2) is 58.2 Å². The number of carbonyl (C=O) groups is 2. The predicted molar refractivity (Wildman–Crippen MR) is 104 cm³/mol. The van der Waals surface area contributed by atoms with Crippen molar-refractivity contribution < 1.29 is 14.7 Å². The number of para-hydroxylation sites is 1. The number of thioether (sulfide) groups is 1. The summed E-state index contributed by atoms with van der Waals surface area (Å²) in [5, 5.41) is 25.0. The number of rotatable bonds is 6. The minimum absolute atomic E-state index is 0.174. The third-order valence-corrected chi connectivity index (χ3v) is 4.76. The van der Waals surface area contributed by atoms with Gasteiger partial charge in [-0.25, -0.2) is 9.48 Å². The van der Waals surface area contributed by atoms with Gasteiger partial charge in [-0.3, -0.25) is 9.59 Å². The van der Waals surface area contributed by atoms with Crippen LogP contribution >= 0.6 is 11.8 Å². The van der Waals surface area contributed by atoms with Crippen LogP contribution in [0.1, 0.15) is 10.5 Å². The second-order valence-electron chi connectivity index (χ2n) is 5.65. The SMILES string of the molecule is N#CCSc1ccccc1NC(=O)Cn1nc(C(=O)O)c2ccccc2c1=O. The van der Waals surface area contributed by atoms with Crippen molar-refractivity contribution in [2.75, 3.05) is 11.1 Å². The predicted octanol–water partition coefficient (Wildman–Crippen LogP) is 2.35. The van der Waals surface area contributed by atoms with Gasteiger partial charge in [0.2, 0.25) is 5.91 Å². The summed E-state index contributed by atoms with van der Waals surface area (Å²) in [5.74, 6) is -1.60. The van der Waals surface area contributed by atoms with Crippen LogP contribution in [0.3, 0.4) is 0 Å². The first-order chi connectivity index (χ1) is 13.5. The quantitative estimate of drug-likeness (QED) is 0.615. The summed E-state index contributed by atoms with van der Waals surface area (Å²) >= 11 is 1.27. The Balaban J connectivity index is 1.91. The van der Waals surface area contributed by atoms with Gasteiger partial charge in [0.1, 0.15) is 6.54 Å². The van der Waals surface area contributed by atoms with E-state index in [0.717, 1.165) is 4.68 Å². The largest absolute Gasteiger partial charge is 0.476 e. The highest BCUT2D eigenvalue weighted by Gasteiger charge is 2.17. The van der Waals surface area contributed by atoms with E-state index in [9.17, 15) is 19.5 Å². The third-order valence-electron chi connectivity index (χ3n) is 3.82. The Hall–Kier alpha value is -3.64. The number of aromatic carboxylic acids is 1. The Kier molecular flexibility index (Phi) is 5.72. The fraction of sp³-hybridized carbons (Fsp3) is 0.105. The summed E-state index contributed by atoms with van der Waals surface area (Å²) in [6, 6.07) is 15.2. The van der Waals surface area contributed by atoms with Gasteiger partial charge >= 0.3 is 5.97 Å². The van der Waals surface area contributed by atoms with Gasteiger partial charge in [-0.05, 0) is 18.2 Å². The maximum Gasteiger partial charge on any atom is 0.357 e. The fourth-order valence-corrected chi connectivity index (χ4v) is 3.30. The second kappa shape index (κ2) is 8.37. The summed E-state index contributed by atoms with van der Waals surface area (Å²) in [7, 11) is 0. The van der Waals surface area contributed by atoms with Crippen LogP contribution < -0.4 is 10.9 Å². The van der Waals surface area contributed by atoms with Crippen molar-refractivity contribution in [1.29, 1.82) is 5.26 Å². The van der Waals surface area contributed by atoms with Crippen molar-refractivity contribution in [1.82, 2.24) is 9.78 Å². The Morgan fingerprint density at radius 3 is 2.54 bits per heavy atom. The first kappa shape index (κ1) is 19.1. The monoisotopic (exact) mass is 394 g/mol. The van der Waals surface area contributed by atoms with Crippen LogP contribution in [-0.2, 0) is 11.3 Å². The Morgan fingerprint density at radius 1 is 1.14 bits per heavy atom. The number of nitrogens with zero attached hydrogens (tertiary/aromatic N) is 3. The minimum atomic E-state index is -1.29. The zero-order valence-corrected chi connectivity index (χ0v) is 15.3. The molecule has 1 heterocycles. The molecule has 2 N–H and O–H groups in total. The molecule has 0 bridgehead atoms. The molecule has 3 aromatic rings. The van der Waals surface area contributed by atoms with Crippen LogP contribution in [0.5, 0.6) is 0 Å². The van der Waals surface area contributed by atoms with Gasteiger partial charge in [-0.1, -0.05) is 30.3 Å². The molecule has 0 radical (unpaired) electrons. The number of fused-ring (bicyclic) bond motifs is 1. The minimum Gasteiger partial charge on any atom is -0.476 e. The van der Waals surface area contributed by atoms with Crippen molar-refractivity contribution in [3.63, 3.8) is 0 Å². The molecular formula is C19H14N4O4S. The van der Waals surface area contributed by atoms with Gasteiger partial charge in [0.15, 0.2) is 5.69 Å². The Bertz CT molecular complexity index is 1170. The molecule has 140 valence electrons. The van der Waals surface area contributed by atoms with Crippen molar-refractivity contribution in [2.24, 2.45) is 0 Å². The zero-order chi connectivity index (χ0) is 20.1. The van der Waals surface area contributed by atoms with E-state index in [-0.39, 0.29) is 22.2 Å². The van der Waals surface area contributed by atoms with E-state index in [1.54, 1.807) is 36.4 Å². The molecule has 1 amide bonds. The molecule has 28 heavy (non-hydrogen) atoms. The van der Waals surface area contributed by atoms with Crippen LogP contribution in [0.25, 0.3) is 10.8 Å². The lowest BCUT2D eigenvalue weighted by Gasteiger charge is -2.11. The maximum atomic E-state index is 12.6. The summed E-state index contributed by atoms with van der Waals surface area (Å²) in [4.78, 5) is 37.2. The van der Waals surface area contributed by atoms with Gasteiger partial charge in [0, 0.05) is 10.3 Å². The normalized spacial score (nSPS) is 10.4. The van der Waals surface area contributed by atoms with Crippen molar-refractivity contribution in [3.8, 4) is 6.07 Å². The lowest BCUT2D eigenvalue weighted by atomic mass is 10.1. The molecule has 0 aliphatic heterocycles. The summed E-state index contributed by atoms with van der Waals surface area (Å²) in [6.45, 7) is -0.443. The lowest BCUT2D eigenvalue weighted by Crippen LogP contribution is -2.31. The number of anilines is 1. The van der Waals surface area contributed by atoms with Crippen LogP contribution in [0, 0.1) is 11.3 Å². The number of hydrogen-bond acceptors (Lipinski definition) is 6. The number of aromatic nitrogens is 2. The van der Waals surface area contributed by atoms with Crippen LogP contribution in [-0.4, -0.2) is 32.5 Å². The number of amides is 1. The molecule has 0 atom stereocenters. The van der Waals surface area contributed by atoms with E-state index >= 15 is 0 Å². The standard InChI is InChI=1S/C19H14N4O4S/c20-9-10-28-15-8-4-3-7-14(15)21-16(24)11-23-18(25)13-6-2-1-5-12(13)17(22-23)19(26)27/h1-8H,10-11H2,(H,21,24)(H,26,27). The van der Waals surface area contributed by atoms with Gasteiger partial charge in [0.05, 0.1) is 22.9 Å². The molecule has 8 nitrogen and oxygen atoms in total. The van der Waals surface area contributed by atoms with E-state index in [4.69, 9.17) is 5.26 Å². The second-order valence-corrected chi connectivity index (χ2v) is 6.67. The van der Waals surface area contributed by atoms with E-state index in [0.29, 0.717) is 10.6 Å². The molecule has 0 aliphatic rings.